The minimum atomic E-state index is -1.19. The first kappa shape index (κ1) is 19.9. The van der Waals surface area contributed by atoms with Gasteiger partial charge in [0, 0.05) is 19.1 Å². The van der Waals surface area contributed by atoms with Crippen molar-refractivity contribution in [3.8, 4) is 0 Å². The number of hydrogen-bond donors (Lipinski definition) is 1. The van der Waals surface area contributed by atoms with Crippen molar-refractivity contribution in [3.63, 3.8) is 0 Å². The van der Waals surface area contributed by atoms with Crippen LogP contribution in [0.15, 0.2) is 65.7 Å². The fourth-order valence-electron chi connectivity index (χ4n) is 4.33. The summed E-state index contributed by atoms with van der Waals surface area (Å²) in [4.78, 5) is 33.9. The van der Waals surface area contributed by atoms with Crippen molar-refractivity contribution in [2.75, 3.05) is 19.7 Å². The Morgan fingerprint density at radius 3 is 2.10 bits per heavy atom. The number of aliphatic imine (C=N–C) groups is 1. The number of nitrogens with zero attached hydrogens (tertiary/aromatic N) is 3. The molecule has 0 aliphatic carbocycles. The van der Waals surface area contributed by atoms with E-state index in [1.54, 1.807) is 16.7 Å². The fraction of sp³-hybridized carbons (Fsp3) is 0.348. The van der Waals surface area contributed by atoms with Crippen LogP contribution < -0.4 is 5.73 Å². The van der Waals surface area contributed by atoms with E-state index >= 15 is 0 Å². The van der Waals surface area contributed by atoms with Crippen LogP contribution >= 0.6 is 0 Å². The Bertz CT molecular complexity index is 898. The van der Waals surface area contributed by atoms with Gasteiger partial charge in [0.05, 0.1) is 6.61 Å². The average molecular weight is 406 g/mol. The Kier molecular flexibility index (Phi) is 5.44. The van der Waals surface area contributed by atoms with E-state index in [9.17, 15) is 9.59 Å². The quantitative estimate of drug-likeness (QED) is 0.846. The minimum Gasteiger partial charge on any atom is -0.450 e. The lowest BCUT2D eigenvalue weighted by atomic mass is 9.82. The molecule has 2 N–H and O–H groups in total. The molecular formula is C23H26N4O3. The Morgan fingerprint density at radius 2 is 1.60 bits per heavy atom. The molecule has 1 fully saturated rings. The zero-order valence-electron chi connectivity index (χ0n) is 17.0. The molecule has 0 aromatic heterocycles. The van der Waals surface area contributed by atoms with Crippen LogP contribution in [0, 0.1) is 0 Å². The summed E-state index contributed by atoms with van der Waals surface area (Å²) < 4.78 is 5.09. The number of amides is 2. The highest BCUT2D eigenvalue weighted by Crippen LogP contribution is 2.41. The highest BCUT2D eigenvalue weighted by molar-refractivity contribution is 6.09. The third kappa shape index (κ3) is 3.30. The van der Waals surface area contributed by atoms with Crippen LogP contribution in [0.1, 0.15) is 30.9 Å². The SMILES string of the molecule is CCOC(=O)N1CCC(N2C(=O)C(c3ccccc3)(c3ccccc3)N=C2N)CC1. The maximum Gasteiger partial charge on any atom is 0.409 e. The first-order valence-electron chi connectivity index (χ1n) is 10.3. The number of carbonyl (C=O) groups excluding carboxylic acids is 2. The van der Waals surface area contributed by atoms with Gasteiger partial charge in [-0.05, 0) is 30.9 Å². The molecule has 2 aliphatic rings. The number of piperidine rings is 1. The first-order chi connectivity index (χ1) is 14.6. The highest BCUT2D eigenvalue weighted by atomic mass is 16.6. The predicted octanol–water partition coefficient (Wildman–Crippen LogP) is 2.71. The van der Waals surface area contributed by atoms with Gasteiger partial charge in [0.2, 0.25) is 0 Å². The smallest absolute Gasteiger partial charge is 0.409 e. The van der Waals surface area contributed by atoms with Gasteiger partial charge in [0.15, 0.2) is 11.5 Å². The summed E-state index contributed by atoms with van der Waals surface area (Å²) in [6.45, 7) is 3.17. The molecule has 2 aromatic rings. The predicted molar refractivity (Wildman–Crippen MR) is 114 cm³/mol. The van der Waals surface area contributed by atoms with E-state index in [0.29, 0.717) is 32.5 Å². The van der Waals surface area contributed by atoms with Crippen LogP contribution in [0.4, 0.5) is 4.79 Å². The zero-order valence-corrected chi connectivity index (χ0v) is 17.0. The summed E-state index contributed by atoms with van der Waals surface area (Å²) >= 11 is 0. The molecule has 0 bridgehead atoms. The molecule has 2 aromatic carbocycles. The third-order valence-electron chi connectivity index (χ3n) is 5.80. The second-order valence-corrected chi connectivity index (χ2v) is 7.50. The monoisotopic (exact) mass is 406 g/mol. The normalized spacial score (nSPS) is 19.0. The number of benzene rings is 2. The molecule has 2 heterocycles. The van der Waals surface area contributed by atoms with Crippen LogP contribution in [-0.4, -0.2) is 53.5 Å². The van der Waals surface area contributed by atoms with Gasteiger partial charge in [-0.15, -0.1) is 0 Å². The maximum atomic E-state index is 13.9. The number of guanidine groups is 1. The average Bonchev–Trinajstić information content (AvgIpc) is 3.06. The molecule has 7 heteroatoms. The second-order valence-electron chi connectivity index (χ2n) is 7.50. The topological polar surface area (TPSA) is 88.2 Å². The van der Waals surface area contributed by atoms with Gasteiger partial charge >= 0.3 is 6.09 Å². The van der Waals surface area contributed by atoms with E-state index in [0.717, 1.165) is 11.1 Å². The minimum absolute atomic E-state index is 0.110. The van der Waals surface area contributed by atoms with E-state index < -0.39 is 5.54 Å². The van der Waals surface area contributed by atoms with E-state index in [2.05, 4.69) is 0 Å². The lowest BCUT2D eigenvalue weighted by molar-refractivity contribution is -0.132. The molecule has 30 heavy (non-hydrogen) atoms. The molecule has 1 saturated heterocycles. The number of hydrogen-bond acceptors (Lipinski definition) is 5. The molecule has 2 amide bonds. The van der Waals surface area contributed by atoms with Crippen LogP contribution in [-0.2, 0) is 15.1 Å². The third-order valence-corrected chi connectivity index (χ3v) is 5.80. The molecular weight excluding hydrogens is 380 g/mol. The van der Waals surface area contributed by atoms with Gasteiger partial charge < -0.3 is 15.4 Å². The van der Waals surface area contributed by atoms with E-state index in [1.165, 1.54) is 0 Å². The molecule has 0 saturated carbocycles. The lowest BCUT2D eigenvalue weighted by Gasteiger charge is -2.37. The Morgan fingerprint density at radius 1 is 1.07 bits per heavy atom. The van der Waals surface area contributed by atoms with Crippen molar-refractivity contribution < 1.29 is 14.3 Å². The molecule has 2 aliphatic heterocycles. The van der Waals surface area contributed by atoms with Crippen molar-refractivity contribution >= 4 is 18.0 Å². The maximum absolute atomic E-state index is 13.9. The number of nitrogens with two attached hydrogens (primary N) is 1. The molecule has 156 valence electrons. The zero-order chi connectivity index (χ0) is 21.1. The summed E-state index contributed by atoms with van der Waals surface area (Å²) in [5.74, 6) is 0.0780. The van der Waals surface area contributed by atoms with Crippen molar-refractivity contribution in [3.05, 3.63) is 71.8 Å². The number of ether oxygens (including phenoxy) is 1. The van der Waals surface area contributed by atoms with Crippen molar-refractivity contribution in [2.45, 2.75) is 31.3 Å². The molecule has 0 radical (unpaired) electrons. The van der Waals surface area contributed by atoms with Gasteiger partial charge in [-0.2, -0.15) is 0 Å². The van der Waals surface area contributed by atoms with Gasteiger partial charge in [-0.3, -0.25) is 9.69 Å². The van der Waals surface area contributed by atoms with Gasteiger partial charge in [-0.25, -0.2) is 9.79 Å². The fourth-order valence-corrected chi connectivity index (χ4v) is 4.33. The van der Waals surface area contributed by atoms with Crippen molar-refractivity contribution in [1.82, 2.24) is 9.80 Å². The first-order valence-corrected chi connectivity index (χ1v) is 10.3. The van der Waals surface area contributed by atoms with Gasteiger partial charge in [0.1, 0.15) is 0 Å². The molecule has 7 nitrogen and oxygen atoms in total. The van der Waals surface area contributed by atoms with Gasteiger partial charge in [0.25, 0.3) is 5.91 Å². The molecule has 0 unspecified atom stereocenters. The number of rotatable bonds is 4. The summed E-state index contributed by atoms with van der Waals surface area (Å²) in [5, 5.41) is 0. The Balaban J connectivity index is 1.64. The molecule has 4 rings (SSSR count). The standard InChI is InChI=1S/C23H26N4O3/c1-2-30-22(29)26-15-13-19(14-16-26)27-20(28)23(25-21(27)24,17-9-5-3-6-10-17)18-11-7-4-8-12-18/h3-12,19H,2,13-16H2,1H3,(H2,24,25). The lowest BCUT2D eigenvalue weighted by Crippen LogP contribution is -2.53. The van der Waals surface area contributed by atoms with Crippen LogP contribution in [0.5, 0.6) is 0 Å². The van der Waals surface area contributed by atoms with E-state index in [-0.39, 0.29) is 24.0 Å². The van der Waals surface area contributed by atoms with Crippen LogP contribution in [0.3, 0.4) is 0 Å². The largest absolute Gasteiger partial charge is 0.450 e. The van der Waals surface area contributed by atoms with E-state index in [4.69, 9.17) is 15.5 Å². The molecule has 0 spiro atoms. The summed E-state index contributed by atoms with van der Waals surface area (Å²) in [5.41, 5.74) is 6.73. The van der Waals surface area contributed by atoms with Gasteiger partial charge in [-0.1, -0.05) is 60.7 Å². The van der Waals surface area contributed by atoms with Crippen molar-refractivity contribution in [2.24, 2.45) is 10.7 Å². The van der Waals surface area contributed by atoms with Crippen LogP contribution in [0.2, 0.25) is 0 Å². The highest BCUT2D eigenvalue weighted by Gasteiger charge is 2.52. The Hall–Kier alpha value is -3.35. The number of carbonyl (C=O) groups is 2. The summed E-state index contributed by atoms with van der Waals surface area (Å²) in [6, 6.07) is 19.0. The van der Waals surface area contributed by atoms with Crippen molar-refractivity contribution in [1.29, 1.82) is 0 Å². The Labute approximate surface area is 176 Å². The molecule has 0 atom stereocenters. The van der Waals surface area contributed by atoms with Crippen LogP contribution in [0.25, 0.3) is 0 Å². The second kappa shape index (κ2) is 8.18. The number of likely N-dealkylation sites (tertiary alicyclic amines) is 1. The van der Waals surface area contributed by atoms with E-state index in [1.807, 2.05) is 60.7 Å². The summed E-state index contributed by atoms with van der Waals surface area (Å²) in [6.07, 6.45) is 0.939. The summed E-state index contributed by atoms with van der Waals surface area (Å²) in [7, 11) is 0.